The molecule has 0 bridgehead atoms. The molecule has 1 aromatic rings. The van der Waals surface area contributed by atoms with Crippen molar-refractivity contribution in [1.82, 2.24) is 5.32 Å². The van der Waals surface area contributed by atoms with Gasteiger partial charge in [-0.15, -0.1) is 0 Å². The Balaban J connectivity index is 0.000000366. The number of amides is 1. The molecule has 0 aliphatic rings. The molecule has 0 spiro atoms. The Kier molecular flexibility index (Phi) is 7.21. The summed E-state index contributed by atoms with van der Waals surface area (Å²) in [4.78, 5) is 9.95. The number of phenols is 2. The molecule has 1 rings (SSSR count). The fourth-order valence-electron chi connectivity index (χ4n) is 0.993. The number of likely N-dealkylation sites (N-methyl/N-ethyl adjacent to an activating group) is 1. The minimum atomic E-state index is -0.144. The smallest absolute Gasteiger partial charge is 0.243 e. The molecule has 94 valence electrons. The van der Waals surface area contributed by atoms with E-state index in [4.69, 9.17) is 15.9 Å². The van der Waals surface area contributed by atoms with Crippen molar-refractivity contribution in [3.8, 4) is 11.5 Å². The Morgan fingerprint density at radius 3 is 2.47 bits per heavy atom. The highest BCUT2D eigenvalue weighted by molar-refractivity contribution is 5.86. The van der Waals surface area contributed by atoms with E-state index in [1.165, 1.54) is 18.2 Å². The number of hydrogen-bond donors (Lipinski definition) is 4. The monoisotopic (exact) mass is 238 g/mol. The van der Waals surface area contributed by atoms with Gasteiger partial charge in [-0.05, 0) is 36.7 Å². The Morgan fingerprint density at radius 1 is 1.47 bits per heavy atom. The largest absolute Gasteiger partial charge is 0.504 e. The molecule has 17 heavy (non-hydrogen) atoms. The van der Waals surface area contributed by atoms with Crippen molar-refractivity contribution in [2.24, 2.45) is 5.73 Å². The van der Waals surface area contributed by atoms with E-state index in [1.54, 1.807) is 13.1 Å². The first-order chi connectivity index (χ1) is 8.04. The first-order valence-electron chi connectivity index (χ1n) is 5.10. The zero-order valence-corrected chi connectivity index (χ0v) is 9.81. The molecule has 0 radical (unpaired) electrons. The molecular weight excluding hydrogens is 220 g/mol. The number of phenolic OH excluding ortho intramolecular Hbond substituents is 2. The van der Waals surface area contributed by atoms with Crippen LogP contribution in [-0.4, -0.2) is 29.7 Å². The fourth-order valence-corrected chi connectivity index (χ4v) is 0.993. The average molecular weight is 238 g/mol. The second-order valence-corrected chi connectivity index (χ2v) is 3.18. The van der Waals surface area contributed by atoms with E-state index in [-0.39, 0.29) is 17.4 Å². The van der Waals surface area contributed by atoms with Crippen LogP contribution in [0.2, 0.25) is 0 Å². The third-order valence-electron chi connectivity index (χ3n) is 1.90. The molecule has 0 aromatic heterocycles. The summed E-state index contributed by atoms with van der Waals surface area (Å²) in [5.41, 5.74) is 6.24. The highest BCUT2D eigenvalue weighted by Gasteiger charge is 1.98. The quantitative estimate of drug-likeness (QED) is 0.456. The van der Waals surface area contributed by atoms with E-state index in [2.05, 4.69) is 11.9 Å². The van der Waals surface area contributed by atoms with Crippen molar-refractivity contribution in [3.63, 3.8) is 0 Å². The molecule has 0 unspecified atom stereocenters. The van der Waals surface area contributed by atoms with Crippen molar-refractivity contribution >= 4 is 5.91 Å². The third-order valence-corrected chi connectivity index (χ3v) is 1.90. The lowest BCUT2D eigenvalue weighted by Gasteiger charge is -2.00. The van der Waals surface area contributed by atoms with Crippen LogP contribution in [0.15, 0.2) is 30.9 Å². The van der Waals surface area contributed by atoms with Gasteiger partial charge in [-0.2, -0.15) is 0 Å². The molecular formula is C12H18N2O3. The van der Waals surface area contributed by atoms with Gasteiger partial charge in [0, 0.05) is 7.05 Å². The Hall–Kier alpha value is -2.01. The molecule has 0 aliphatic heterocycles. The Bertz CT molecular complexity index is 378. The molecule has 0 saturated carbocycles. The van der Waals surface area contributed by atoms with Gasteiger partial charge in [-0.3, -0.25) is 4.79 Å². The molecule has 5 heteroatoms. The van der Waals surface area contributed by atoms with Gasteiger partial charge in [0.15, 0.2) is 11.5 Å². The SMILES string of the molecule is C=CC(=O)NC.NCCc1ccc(O)c(O)c1. The first-order valence-corrected chi connectivity index (χ1v) is 5.10. The molecule has 5 nitrogen and oxygen atoms in total. The van der Waals surface area contributed by atoms with Crippen LogP contribution in [-0.2, 0) is 11.2 Å². The predicted octanol–water partition coefficient (Wildman–Crippen LogP) is 0.517. The summed E-state index contributed by atoms with van der Waals surface area (Å²) >= 11 is 0. The van der Waals surface area contributed by atoms with Crippen LogP contribution in [0.25, 0.3) is 0 Å². The fraction of sp³-hybridized carbons (Fsp3) is 0.250. The number of aromatic hydroxyl groups is 2. The predicted molar refractivity (Wildman–Crippen MR) is 66.8 cm³/mol. The summed E-state index contributed by atoms with van der Waals surface area (Å²) in [5.74, 6) is -0.322. The number of carbonyl (C=O) groups is 1. The summed E-state index contributed by atoms with van der Waals surface area (Å²) in [6.45, 7) is 3.77. The van der Waals surface area contributed by atoms with Crippen molar-refractivity contribution in [2.75, 3.05) is 13.6 Å². The van der Waals surface area contributed by atoms with Gasteiger partial charge in [0.05, 0.1) is 0 Å². The summed E-state index contributed by atoms with van der Waals surface area (Å²) in [7, 11) is 1.56. The number of benzene rings is 1. The van der Waals surface area contributed by atoms with E-state index in [0.717, 1.165) is 5.56 Å². The van der Waals surface area contributed by atoms with E-state index >= 15 is 0 Å². The lowest BCUT2D eigenvalue weighted by molar-refractivity contribution is -0.116. The van der Waals surface area contributed by atoms with E-state index in [0.29, 0.717) is 13.0 Å². The molecule has 0 saturated heterocycles. The molecule has 1 amide bonds. The van der Waals surface area contributed by atoms with Crippen LogP contribution in [0.3, 0.4) is 0 Å². The van der Waals surface area contributed by atoms with Crippen molar-refractivity contribution in [3.05, 3.63) is 36.4 Å². The molecule has 0 heterocycles. The van der Waals surface area contributed by atoms with E-state index < -0.39 is 0 Å². The second-order valence-electron chi connectivity index (χ2n) is 3.18. The van der Waals surface area contributed by atoms with Crippen LogP contribution >= 0.6 is 0 Å². The van der Waals surface area contributed by atoms with Crippen molar-refractivity contribution in [1.29, 1.82) is 0 Å². The number of rotatable bonds is 3. The highest BCUT2D eigenvalue weighted by atomic mass is 16.3. The highest BCUT2D eigenvalue weighted by Crippen LogP contribution is 2.24. The van der Waals surface area contributed by atoms with Gasteiger partial charge in [-0.1, -0.05) is 12.6 Å². The summed E-state index contributed by atoms with van der Waals surface area (Å²) in [5, 5.41) is 20.3. The van der Waals surface area contributed by atoms with Crippen LogP contribution < -0.4 is 11.1 Å². The first kappa shape index (κ1) is 15.0. The maximum atomic E-state index is 9.95. The zero-order chi connectivity index (χ0) is 13.3. The van der Waals surface area contributed by atoms with Crippen molar-refractivity contribution < 1.29 is 15.0 Å². The van der Waals surface area contributed by atoms with Gasteiger partial charge in [0.1, 0.15) is 0 Å². The number of nitrogens with two attached hydrogens (primary N) is 1. The van der Waals surface area contributed by atoms with E-state index in [9.17, 15) is 4.79 Å². The van der Waals surface area contributed by atoms with Gasteiger partial charge in [0.2, 0.25) is 5.91 Å². The summed E-state index contributed by atoms with van der Waals surface area (Å²) in [6, 6.07) is 4.71. The molecule has 5 N–H and O–H groups in total. The minimum absolute atomic E-state index is 0.0871. The number of hydrogen-bond acceptors (Lipinski definition) is 4. The molecule has 0 atom stereocenters. The van der Waals surface area contributed by atoms with Gasteiger partial charge in [0.25, 0.3) is 0 Å². The normalized spacial score (nSPS) is 8.82. The molecule has 1 aromatic carbocycles. The average Bonchev–Trinajstić information content (AvgIpc) is 2.34. The topological polar surface area (TPSA) is 95.6 Å². The van der Waals surface area contributed by atoms with Crippen LogP contribution in [0.4, 0.5) is 0 Å². The van der Waals surface area contributed by atoms with Crippen LogP contribution in [0.1, 0.15) is 5.56 Å². The standard InChI is InChI=1S/C8H11NO2.C4H7NO/c9-4-3-6-1-2-7(10)8(11)5-6;1-3-4(6)5-2/h1-2,5,10-11H,3-4,9H2;3H,1H2,2H3,(H,5,6). The van der Waals surface area contributed by atoms with Gasteiger partial charge >= 0.3 is 0 Å². The maximum Gasteiger partial charge on any atom is 0.243 e. The second kappa shape index (κ2) is 8.18. The van der Waals surface area contributed by atoms with Crippen molar-refractivity contribution in [2.45, 2.75) is 6.42 Å². The maximum absolute atomic E-state index is 9.95. The lowest BCUT2D eigenvalue weighted by Crippen LogP contribution is -2.13. The van der Waals surface area contributed by atoms with E-state index in [1.807, 2.05) is 0 Å². The molecule has 0 fully saturated rings. The Morgan fingerprint density at radius 2 is 2.12 bits per heavy atom. The van der Waals surface area contributed by atoms with Crippen LogP contribution in [0.5, 0.6) is 11.5 Å². The zero-order valence-electron chi connectivity index (χ0n) is 9.81. The summed E-state index contributed by atoms with van der Waals surface area (Å²) in [6.07, 6.45) is 1.94. The third kappa shape index (κ3) is 6.21. The summed E-state index contributed by atoms with van der Waals surface area (Å²) < 4.78 is 0. The molecule has 0 aliphatic carbocycles. The number of nitrogens with one attached hydrogen (secondary N) is 1. The van der Waals surface area contributed by atoms with Gasteiger partial charge in [-0.25, -0.2) is 0 Å². The lowest BCUT2D eigenvalue weighted by atomic mass is 10.1. The number of carbonyl (C=O) groups excluding carboxylic acids is 1. The minimum Gasteiger partial charge on any atom is -0.504 e. The Labute approximate surface area is 101 Å². The van der Waals surface area contributed by atoms with Gasteiger partial charge < -0.3 is 21.3 Å². The van der Waals surface area contributed by atoms with Crippen LogP contribution in [0, 0.1) is 0 Å².